The van der Waals surface area contributed by atoms with Gasteiger partial charge in [-0.05, 0) is 85.7 Å². The molecule has 8 rings (SSSR count). The quantitative estimate of drug-likeness (QED) is 0.154. The molecule has 2 aromatic carbocycles. The van der Waals surface area contributed by atoms with Crippen LogP contribution in [0.2, 0.25) is 0 Å². The molecule has 0 bridgehead atoms. The van der Waals surface area contributed by atoms with Gasteiger partial charge in [-0.25, -0.2) is 22.5 Å². The number of amides is 4. The number of pyridine rings is 2. The minimum absolute atomic E-state index is 0.0979. The molecule has 322 valence electrons. The number of hydrogen-bond donors (Lipinski definition) is 2. The number of hydrogen-bond acceptors (Lipinski definition) is 10. The number of anilines is 2. The van der Waals surface area contributed by atoms with Gasteiger partial charge in [0, 0.05) is 99.2 Å². The molecule has 6 heterocycles. The molecule has 3 aliphatic rings. The number of benzene rings is 2. The SMILES string of the molecule is CCCS(=O)(=O)Nc1cccc(-c2cn(-c3ccc(C(=O)N4CCN(C(=O)CC5CCN(c6ccc([C@H]7CCC(=O)NC7=O)cn6)CC5)CC4)cc3)nc2-c2ccncc2)c1F. The molecule has 0 unspecified atom stereocenters. The normalized spacial score (nSPS) is 17.5. The predicted molar refractivity (Wildman–Crippen MR) is 231 cm³/mol. The van der Waals surface area contributed by atoms with E-state index in [4.69, 9.17) is 5.10 Å². The lowest BCUT2D eigenvalue weighted by molar-refractivity contribution is -0.135. The Morgan fingerprint density at radius 1 is 0.871 bits per heavy atom. The Balaban J connectivity index is 0.857. The van der Waals surface area contributed by atoms with Crippen molar-refractivity contribution in [3.05, 3.63) is 108 Å². The molecule has 4 amide bonds. The second kappa shape index (κ2) is 18.2. The molecular formula is C45H48FN9O6S. The summed E-state index contributed by atoms with van der Waals surface area (Å²) in [4.78, 5) is 65.3. The lowest BCUT2D eigenvalue weighted by atomic mass is 9.91. The van der Waals surface area contributed by atoms with Crippen molar-refractivity contribution in [2.75, 3.05) is 54.6 Å². The summed E-state index contributed by atoms with van der Waals surface area (Å²) in [5.41, 5.74) is 3.52. The summed E-state index contributed by atoms with van der Waals surface area (Å²) in [6.07, 6.45) is 9.98. The third kappa shape index (κ3) is 9.37. The smallest absolute Gasteiger partial charge is 0.253 e. The van der Waals surface area contributed by atoms with Crippen LogP contribution in [-0.2, 0) is 24.4 Å². The molecule has 3 aromatic heterocycles. The van der Waals surface area contributed by atoms with Gasteiger partial charge in [0.1, 0.15) is 11.5 Å². The molecule has 0 aliphatic carbocycles. The topological polar surface area (TPSA) is 180 Å². The summed E-state index contributed by atoms with van der Waals surface area (Å²) >= 11 is 0. The number of aromatic nitrogens is 4. The van der Waals surface area contributed by atoms with Crippen LogP contribution < -0.4 is 14.9 Å². The molecule has 0 radical (unpaired) electrons. The fourth-order valence-electron chi connectivity index (χ4n) is 8.38. The van der Waals surface area contributed by atoms with Crippen LogP contribution in [0.3, 0.4) is 0 Å². The van der Waals surface area contributed by atoms with E-state index in [9.17, 15) is 27.6 Å². The van der Waals surface area contributed by atoms with E-state index in [0.717, 1.165) is 37.3 Å². The van der Waals surface area contributed by atoms with Crippen molar-refractivity contribution < 1.29 is 32.0 Å². The fourth-order valence-corrected chi connectivity index (χ4v) is 9.51. The van der Waals surface area contributed by atoms with E-state index in [1.165, 1.54) is 6.07 Å². The fraction of sp³-hybridized carbons (Fsp3) is 0.356. The van der Waals surface area contributed by atoms with E-state index >= 15 is 4.39 Å². The Morgan fingerprint density at radius 2 is 1.60 bits per heavy atom. The van der Waals surface area contributed by atoms with E-state index in [-0.39, 0.29) is 52.5 Å². The number of nitrogens with one attached hydrogen (secondary N) is 2. The number of piperidine rings is 2. The largest absolute Gasteiger partial charge is 0.357 e. The van der Waals surface area contributed by atoms with Crippen LogP contribution in [-0.4, -0.2) is 107 Å². The Morgan fingerprint density at radius 3 is 2.27 bits per heavy atom. The van der Waals surface area contributed by atoms with Gasteiger partial charge in [-0.1, -0.05) is 25.1 Å². The first-order chi connectivity index (χ1) is 30.0. The first kappa shape index (κ1) is 42.2. The highest BCUT2D eigenvalue weighted by atomic mass is 32.2. The monoisotopic (exact) mass is 861 g/mol. The Labute approximate surface area is 359 Å². The predicted octanol–water partition coefficient (Wildman–Crippen LogP) is 5.40. The van der Waals surface area contributed by atoms with Crippen LogP contribution >= 0.6 is 0 Å². The number of piperazine rings is 1. The van der Waals surface area contributed by atoms with Gasteiger partial charge in [-0.15, -0.1) is 0 Å². The molecule has 1 atom stereocenters. The highest BCUT2D eigenvalue weighted by Gasteiger charge is 2.31. The van der Waals surface area contributed by atoms with Crippen LogP contribution in [0.1, 0.15) is 67.3 Å². The molecule has 15 nitrogen and oxygen atoms in total. The Bertz CT molecular complexity index is 2550. The number of halogens is 1. The number of carbonyl (C=O) groups is 4. The number of rotatable bonds is 12. The third-order valence-corrected chi connectivity index (χ3v) is 13.3. The molecule has 62 heavy (non-hydrogen) atoms. The number of sulfonamides is 1. The van der Waals surface area contributed by atoms with Crippen molar-refractivity contribution in [1.82, 2.24) is 34.9 Å². The molecule has 2 N–H and O–H groups in total. The summed E-state index contributed by atoms with van der Waals surface area (Å²) in [5, 5.41) is 7.20. The average Bonchev–Trinajstić information content (AvgIpc) is 3.73. The van der Waals surface area contributed by atoms with Gasteiger partial charge in [-0.3, -0.25) is 34.2 Å². The van der Waals surface area contributed by atoms with Crippen molar-refractivity contribution in [2.24, 2.45) is 5.92 Å². The summed E-state index contributed by atoms with van der Waals surface area (Å²) < 4.78 is 45.0. The minimum atomic E-state index is -3.74. The second-order valence-corrected chi connectivity index (χ2v) is 17.8. The van der Waals surface area contributed by atoms with E-state index < -0.39 is 15.8 Å². The van der Waals surface area contributed by atoms with Gasteiger partial charge in [-0.2, -0.15) is 5.10 Å². The molecule has 0 saturated carbocycles. The zero-order chi connectivity index (χ0) is 43.4. The Hall–Kier alpha value is -6.49. The minimum Gasteiger partial charge on any atom is -0.357 e. The lowest BCUT2D eigenvalue weighted by Crippen LogP contribution is -2.51. The van der Waals surface area contributed by atoms with Crippen molar-refractivity contribution in [3.8, 4) is 28.1 Å². The van der Waals surface area contributed by atoms with Crippen LogP contribution in [0.15, 0.2) is 91.5 Å². The van der Waals surface area contributed by atoms with Crippen LogP contribution in [0, 0.1) is 11.7 Å². The number of imide groups is 1. The number of carbonyl (C=O) groups excluding carboxylic acids is 4. The van der Waals surface area contributed by atoms with E-state index in [2.05, 4.69) is 24.9 Å². The van der Waals surface area contributed by atoms with E-state index in [1.807, 2.05) is 17.0 Å². The lowest BCUT2D eigenvalue weighted by Gasteiger charge is -2.37. The van der Waals surface area contributed by atoms with E-state index in [0.29, 0.717) is 79.9 Å². The van der Waals surface area contributed by atoms with Crippen LogP contribution in [0.5, 0.6) is 0 Å². The second-order valence-electron chi connectivity index (χ2n) is 16.0. The molecule has 17 heteroatoms. The third-order valence-electron chi connectivity index (χ3n) is 11.8. The van der Waals surface area contributed by atoms with Gasteiger partial charge < -0.3 is 14.7 Å². The summed E-state index contributed by atoms with van der Waals surface area (Å²) in [6, 6.07) is 18.9. The van der Waals surface area contributed by atoms with Gasteiger partial charge in [0.25, 0.3) is 5.91 Å². The zero-order valence-electron chi connectivity index (χ0n) is 34.4. The van der Waals surface area contributed by atoms with Crippen LogP contribution in [0.25, 0.3) is 28.1 Å². The van der Waals surface area contributed by atoms with Gasteiger partial charge in [0.15, 0.2) is 5.82 Å². The number of nitrogens with zero attached hydrogens (tertiary/aromatic N) is 7. The van der Waals surface area contributed by atoms with Gasteiger partial charge in [0.05, 0.1) is 23.0 Å². The van der Waals surface area contributed by atoms with Gasteiger partial charge >= 0.3 is 0 Å². The van der Waals surface area contributed by atoms with Crippen molar-refractivity contribution in [1.29, 1.82) is 0 Å². The Kier molecular flexibility index (Phi) is 12.4. The summed E-state index contributed by atoms with van der Waals surface area (Å²) in [6.45, 7) is 5.03. The maximum atomic E-state index is 16.0. The first-order valence-corrected chi connectivity index (χ1v) is 22.6. The molecule has 5 aromatic rings. The standard InChI is InChI=1S/C45H48FN9O6S/c1-2-26-62(60,61)51-38-5-3-4-36(42(38)46)37-29-55(50-43(37)31-14-18-47-19-15-31)34-9-6-32(7-10-34)45(59)54-24-22-53(23-25-54)41(57)27-30-16-20-52(21-17-30)39-12-8-33(28-48-39)35-11-13-40(56)49-44(35)58/h3-10,12,14-15,18-19,28-30,35,51H,2,11,13,16-17,20-27H2,1H3,(H,49,56,58)/t35-/m1/s1. The van der Waals surface area contributed by atoms with Crippen molar-refractivity contribution in [2.45, 2.75) is 51.4 Å². The summed E-state index contributed by atoms with van der Waals surface area (Å²) in [5.74, 6) is -0.708. The van der Waals surface area contributed by atoms with Crippen LogP contribution in [0.4, 0.5) is 15.9 Å². The average molecular weight is 862 g/mol. The molecule has 3 fully saturated rings. The molecular weight excluding hydrogens is 814 g/mol. The highest BCUT2D eigenvalue weighted by Crippen LogP contribution is 2.36. The molecule has 3 saturated heterocycles. The van der Waals surface area contributed by atoms with E-state index in [1.54, 1.807) is 89.8 Å². The molecule has 0 spiro atoms. The zero-order valence-corrected chi connectivity index (χ0v) is 35.2. The maximum Gasteiger partial charge on any atom is 0.253 e. The maximum absolute atomic E-state index is 16.0. The van der Waals surface area contributed by atoms with Gasteiger partial charge in [0.2, 0.25) is 27.7 Å². The first-order valence-electron chi connectivity index (χ1n) is 21.0. The summed E-state index contributed by atoms with van der Waals surface area (Å²) in [7, 11) is -3.74. The molecule has 3 aliphatic heterocycles. The van der Waals surface area contributed by atoms with Crippen molar-refractivity contribution >= 4 is 45.2 Å². The highest BCUT2D eigenvalue weighted by molar-refractivity contribution is 7.92. The van der Waals surface area contributed by atoms with Crippen molar-refractivity contribution in [3.63, 3.8) is 0 Å².